The van der Waals surface area contributed by atoms with Crippen molar-refractivity contribution in [3.63, 3.8) is 0 Å². The number of hydrogen-bond acceptors (Lipinski definition) is 0. The van der Waals surface area contributed by atoms with Gasteiger partial charge in [-0.25, -0.2) is 4.39 Å². The average Bonchev–Trinajstić information content (AvgIpc) is 2.49. The summed E-state index contributed by atoms with van der Waals surface area (Å²) in [5, 5.41) is 2.71. The van der Waals surface area contributed by atoms with Crippen molar-refractivity contribution in [2.75, 3.05) is 10.7 Å². The summed E-state index contributed by atoms with van der Waals surface area (Å²) < 4.78 is 13.2. The molecule has 0 N–H and O–H groups in total. The summed E-state index contributed by atoms with van der Waals surface area (Å²) in [7, 11) is 0. The molecule has 0 bridgehead atoms. The van der Waals surface area contributed by atoms with Gasteiger partial charge in [-0.15, -0.1) is 0 Å². The zero-order valence-corrected chi connectivity index (χ0v) is 15.7. The van der Waals surface area contributed by atoms with Gasteiger partial charge in [0, 0.05) is 26.1 Å². The molecule has 0 aliphatic carbocycles. The van der Waals surface area contributed by atoms with Gasteiger partial charge in [0.2, 0.25) is 0 Å². The zero-order chi connectivity index (χ0) is 15.5. The lowest BCUT2D eigenvalue weighted by atomic mass is 9.79. The van der Waals surface area contributed by atoms with Crippen LogP contribution in [0.2, 0.25) is 10.0 Å². The van der Waals surface area contributed by atoms with E-state index in [-0.39, 0.29) is 11.2 Å². The van der Waals surface area contributed by atoms with Crippen LogP contribution in [0.15, 0.2) is 42.5 Å². The molecule has 0 heterocycles. The second-order valence-corrected chi connectivity index (χ2v) is 6.87. The molecule has 0 amide bonds. The topological polar surface area (TPSA) is 0 Å². The van der Waals surface area contributed by atoms with Crippen molar-refractivity contribution in [3.05, 3.63) is 69.5 Å². The number of benzene rings is 2. The summed E-state index contributed by atoms with van der Waals surface area (Å²) in [6, 6.07) is 12.1. The van der Waals surface area contributed by atoms with Crippen molar-refractivity contribution < 1.29 is 4.39 Å². The minimum Gasteiger partial charge on any atom is -0.207 e. The maximum Gasteiger partial charge on any atom is 0.123 e. The number of alkyl halides is 2. The Kier molecular flexibility index (Phi) is 6.13. The zero-order valence-electron chi connectivity index (χ0n) is 11.1. The van der Waals surface area contributed by atoms with Gasteiger partial charge in [-0.3, -0.25) is 0 Å². The fourth-order valence-electron chi connectivity index (χ4n) is 2.23. The fourth-order valence-corrected chi connectivity index (χ4v) is 4.73. The summed E-state index contributed by atoms with van der Waals surface area (Å²) in [6.45, 7) is 0. The van der Waals surface area contributed by atoms with E-state index in [1.54, 1.807) is 0 Å². The highest BCUT2D eigenvalue weighted by atomic mass is 79.9. The van der Waals surface area contributed by atoms with Gasteiger partial charge in [0.15, 0.2) is 0 Å². The summed E-state index contributed by atoms with van der Waals surface area (Å²) in [5.74, 6) is -0.243. The van der Waals surface area contributed by atoms with E-state index in [9.17, 15) is 4.39 Å². The van der Waals surface area contributed by atoms with E-state index in [1.165, 1.54) is 12.1 Å². The van der Waals surface area contributed by atoms with E-state index in [2.05, 4.69) is 31.9 Å². The van der Waals surface area contributed by atoms with Crippen LogP contribution in [0.3, 0.4) is 0 Å². The van der Waals surface area contributed by atoms with Gasteiger partial charge in [-0.05, 0) is 41.8 Å². The Morgan fingerprint density at radius 1 is 0.905 bits per heavy atom. The molecular formula is C16H13Br2Cl2F. The molecule has 0 aliphatic rings. The summed E-state index contributed by atoms with van der Waals surface area (Å²) >= 11 is 19.7. The van der Waals surface area contributed by atoms with Crippen LogP contribution in [0.5, 0.6) is 0 Å². The summed E-state index contributed by atoms with van der Waals surface area (Å²) in [4.78, 5) is 0. The van der Waals surface area contributed by atoms with Gasteiger partial charge in [-0.1, -0.05) is 73.3 Å². The monoisotopic (exact) mass is 452 g/mol. The molecule has 5 heteroatoms. The van der Waals surface area contributed by atoms with Crippen molar-refractivity contribution in [3.8, 4) is 0 Å². The average molecular weight is 455 g/mol. The molecule has 112 valence electrons. The predicted molar refractivity (Wildman–Crippen MR) is 95.8 cm³/mol. The molecule has 0 radical (unpaired) electrons. The van der Waals surface area contributed by atoms with Crippen LogP contribution in [-0.2, 0) is 11.8 Å². The van der Waals surface area contributed by atoms with Gasteiger partial charge in [-0.2, -0.15) is 0 Å². The lowest BCUT2D eigenvalue weighted by Crippen LogP contribution is -2.33. The molecule has 0 unspecified atom stereocenters. The first-order valence-electron chi connectivity index (χ1n) is 6.33. The normalized spacial score (nSPS) is 11.7. The van der Waals surface area contributed by atoms with Crippen LogP contribution >= 0.6 is 55.1 Å². The van der Waals surface area contributed by atoms with Gasteiger partial charge in [0.05, 0.1) is 0 Å². The molecular weight excluding hydrogens is 442 g/mol. The Morgan fingerprint density at radius 3 is 1.90 bits per heavy atom. The van der Waals surface area contributed by atoms with Gasteiger partial charge >= 0.3 is 0 Å². The van der Waals surface area contributed by atoms with Gasteiger partial charge < -0.3 is 0 Å². The first-order chi connectivity index (χ1) is 10.0. The lowest BCUT2D eigenvalue weighted by molar-refractivity contribution is 0.548. The van der Waals surface area contributed by atoms with Crippen molar-refractivity contribution in [2.45, 2.75) is 11.8 Å². The predicted octanol–water partition coefficient (Wildman–Crippen LogP) is 6.40. The van der Waals surface area contributed by atoms with Crippen LogP contribution in [0.1, 0.15) is 11.1 Å². The van der Waals surface area contributed by atoms with Gasteiger partial charge in [0.1, 0.15) is 5.82 Å². The number of halogens is 5. The molecule has 0 nitrogen and oxygen atoms in total. The minimum atomic E-state index is -0.248. The third kappa shape index (κ3) is 3.82. The van der Waals surface area contributed by atoms with Crippen LogP contribution < -0.4 is 0 Å². The molecule has 0 spiro atoms. The van der Waals surface area contributed by atoms with Crippen LogP contribution in [0.4, 0.5) is 4.39 Å². The van der Waals surface area contributed by atoms with Crippen molar-refractivity contribution in [2.24, 2.45) is 0 Å². The third-order valence-electron chi connectivity index (χ3n) is 3.55. The lowest BCUT2D eigenvalue weighted by Gasteiger charge is -2.31. The Bertz CT molecular complexity index is 590. The van der Waals surface area contributed by atoms with E-state index < -0.39 is 0 Å². The van der Waals surface area contributed by atoms with E-state index in [4.69, 9.17) is 23.2 Å². The molecule has 0 saturated carbocycles. The first-order valence-corrected chi connectivity index (χ1v) is 9.33. The first kappa shape index (κ1) is 17.3. The quantitative estimate of drug-likeness (QED) is 0.458. The van der Waals surface area contributed by atoms with E-state index >= 15 is 0 Å². The smallest absolute Gasteiger partial charge is 0.123 e. The molecule has 21 heavy (non-hydrogen) atoms. The maximum absolute atomic E-state index is 13.2. The molecule has 0 aliphatic heterocycles. The minimum absolute atomic E-state index is 0.243. The Balaban J connectivity index is 2.45. The summed E-state index contributed by atoms with van der Waals surface area (Å²) in [5.41, 5.74) is 1.69. The standard InChI is InChI=1S/C16H13Br2Cl2F/c17-9-16(10-18,11-4-6-12(21)7-5-11)8-13-14(19)2-1-3-15(13)20/h1-7H,8-10H2. The fraction of sp³-hybridized carbons (Fsp3) is 0.250. The second-order valence-electron chi connectivity index (χ2n) is 4.93. The molecule has 0 saturated heterocycles. The third-order valence-corrected chi connectivity index (χ3v) is 6.40. The number of hydrogen-bond donors (Lipinski definition) is 0. The molecule has 0 fully saturated rings. The Morgan fingerprint density at radius 2 is 1.43 bits per heavy atom. The molecule has 2 aromatic carbocycles. The maximum atomic E-state index is 13.2. The van der Waals surface area contributed by atoms with Crippen molar-refractivity contribution in [1.82, 2.24) is 0 Å². The SMILES string of the molecule is Fc1ccc(C(CBr)(CBr)Cc2c(Cl)cccc2Cl)cc1. The van der Waals surface area contributed by atoms with E-state index in [0.29, 0.717) is 27.1 Å². The van der Waals surface area contributed by atoms with Crippen LogP contribution in [-0.4, -0.2) is 10.7 Å². The summed E-state index contributed by atoms with van der Waals surface area (Å²) in [6.07, 6.45) is 0.660. The largest absolute Gasteiger partial charge is 0.207 e. The van der Waals surface area contributed by atoms with Crippen molar-refractivity contribution in [1.29, 1.82) is 0 Å². The number of rotatable bonds is 5. The highest BCUT2D eigenvalue weighted by Gasteiger charge is 2.32. The van der Waals surface area contributed by atoms with Crippen LogP contribution in [0.25, 0.3) is 0 Å². The molecule has 2 rings (SSSR count). The molecule has 0 aromatic heterocycles. The van der Waals surface area contributed by atoms with E-state index in [0.717, 1.165) is 11.1 Å². The molecule has 0 atom stereocenters. The highest BCUT2D eigenvalue weighted by Crippen LogP contribution is 2.37. The van der Waals surface area contributed by atoms with Crippen LogP contribution in [0, 0.1) is 5.82 Å². The highest BCUT2D eigenvalue weighted by molar-refractivity contribution is 9.09. The van der Waals surface area contributed by atoms with Crippen molar-refractivity contribution >= 4 is 55.1 Å². The molecule has 2 aromatic rings. The van der Waals surface area contributed by atoms with Gasteiger partial charge in [0.25, 0.3) is 0 Å². The Labute approximate surface area is 150 Å². The Hall–Kier alpha value is -0.0900. The second kappa shape index (κ2) is 7.45. The van der Waals surface area contributed by atoms with E-state index in [1.807, 2.05) is 30.3 Å².